The molecule has 0 amide bonds. The number of halogens is 3. The van der Waals surface area contributed by atoms with Gasteiger partial charge in [0.15, 0.2) is 0 Å². The lowest BCUT2D eigenvalue weighted by Crippen LogP contribution is -2.27. The highest BCUT2D eigenvalue weighted by atomic mass is 127. The Morgan fingerprint density at radius 2 is 1.88 bits per heavy atom. The first-order valence-corrected chi connectivity index (χ1v) is 10.2. The molecular formula is C18H15I3O3. The number of aromatic hydroxyl groups is 1. The van der Waals surface area contributed by atoms with E-state index in [4.69, 9.17) is 4.74 Å². The van der Waals surface area contributed by atoms with Crippen molar-refractivity contribution in [2.24, 2.45) is 0 Å². The molecule has 0 saturated carbocycles. The SMILES string of the molecule is C=Cc1ccc(O)c(C(=O)OC(C)(C)c2cc(I)cc(I)c2I)c1. The minimum atomic E-state index is -0.828. The van der Waals surface area contributed by atoms with E-state index < -0.39 is 11.6 Å². The number of benzene rings is 2. The van der Waals surface area contributed by atoms with Gasteiger partial charge in [-0.2, -0.15) is 0 Å². The second-order valence-corrected chi connectivity index (χ2v) is 9.12. The zero-order valence-corrected chi connectivity index (χ0v) is 19.5. The molecule has 3 nitrogen and oxygen atoms in total. The minimum Gasteiger partial charge on any atom is -0.507 e. The van der Waals surface area contributed by atoms with Crippen LogP contribution in [0.2, 0.25) is 0 Å². The van der Waals surface area contributed by atoms with Crippen molar-refractivity contribution in [3.63, 3.8) is 0 Å². The molecule has 0 heterocycles. The van der Waals surface area contributed by atoms with Gasteiger partial charge < -0.3 is 9.84 Å². The molecule has 0 radical (unpaired) electrons. The summed E-state index contributed by atoms with van der Waals surface area (Å²) >= 11 is 6.78. The molecule has 2 aromatic rings. The molecule has 0 aliphatic heterocycles. The maximum absolute atomic E-state index is 12.6. The van der Waals surface area contributed by atoms with Gasteiger partial charge in [-0.1, -0.05) is 18.7 Å². The number of esters is 1. The Kier molecular flexibility index (Phi) is 6.57. The van der Waals surface area contributed by atoms with Crippen LogP contribution in [0.25, 0.3) is 6.08 Å². The van der Waals surface area contributed by atoms with Crippen LogP contribution in [0.1, 0.15) is 35.3 Å². The second-order valence-electron chi connectivity index (χ2n) is 5.63. The van der Waals surface area contributed by atoms with E-state index in [0.29, 0.717) is 0 Å². The highest BCUT2D eigenvalue weighted by Crippen LogP contribution is 2.34. The predicted octanol–water partition coefficient (Wildman–Crippen LogP) is 5.94. The van der Waals surface area contributed by atoms with Gasteiger partial charge in [0.05, 0.1) is 0 Å². The van der Waals surface area contributed by atoms with Gasteiger partial charge >= 0.3 is 5.97 Å². The average Bonchev–Trinajstić information content (AvgIpc) is 2.50. The molecule has 0 bridgehead atoms. The summed E-state index contributed by atoms with van der Waals surface area (Å²) in [7, 11) is 0. The summed E-state index contributed by atoms with van der Waals surface area (Å²) in [5.74, 6) is -0.667. The molecule has 0 aliphatic carbocycles. The van der Waals surface area contributed by atoms with E-state index in [1.165, 1.54) is 6.07 Å². The Morgan fingerprint density at radius 1 is 1.21 bits per heavy atom. The third-order valence-corrected chi connectivity index (χ3v) is 7.13. The van der Waals surface area contributed by atoms with Crippen LogP contribution in [0.5, 0.6) is 5.75 Å². The zero-order valence-electron chi connectivity index (χ0n) is 13.1. The molecule has 2 aromatic carbocycles. The van der Waals surface area contributed by atoms with Gasteiger partial charge in [0, 0.05) is 16.3 Å². The van der Waals surface area contributed by atoms with Crippen molar-refractivity contribution in [1.29, 1.82) is 0 Å². The van der Waals surface area contributed by atoms with E-state index in [9.17, 15) is 9.90 Å². The topological polar surface area (TPSA) is 46.5 Å². The van der Waals surface area contributed by atoms with Crippen molar-refractivity contribution < 1.29 is 14.6 Å². The largest absolute Gasteiger partial charge is 0.507 e. The van der Waals surface area contributed by atoms with Crippen LogP contribution < -0.4 is 0 Å². The van der Waals surface area contributed by atoms with Crippen LogP contribution in [0.15, 0.2) is 36.9 Å². The fourth-order valence-electron chi connectivity index (χ4n) is 2.18. The molecular weight excluding hydrogens is 645 g/mol. The minimum absolute atomic E-state index is 0.103. The fraction of sp³-hybridized carbons (Fsp3) is 0.167. The van der Waals surface area contributed by atoms with Crippen LogP contribution >= 0.6 is 67.8 Å². The molecule has 0 saturated heterocycles. The standard InChI is InChI=1S/C18H15I3O3/c1-4-10-5-6-15(22)12(7-10)17(23)24-18(2,3)13-8-11(19)9-14(20)16(13)21/h4-9,22H,1H2,2-3H3. The van der Waals surface area contributed by atoms with Crippen LogP contribution in [0.3, 0.4) is 0 Å². The Bertz CT molecular complexity index is 813. The summed E-state index contributed by atoms with van der Waals surface area (Å²) in [6, 6.07) is 8.82. The lowest BCUT2D eigenvalue weighted by molar-refractivity contribution is -0.00379. The van der Waals surface area contributed by atoms with Crippen molar-refractivity contribution in [3.05, 3.63) is 64.3 Å². The summed E-state index contributed by atoms with van der Waals surface area (Å²) in [5.41, 5.74) is 0.990. The van der Waals surface area contributed by atoms with Crippen molar-refractivity contribution in [2.75, 3.05) is 0 Å². The molecule has 0 aromatic heterocycles. The molecule has 6 heteroatoms. The third-order valence-electron chi connectivity index (χ3n) is 3.47. The quantitative estimate of drug-likeness (QED) is 0.251. The number of phenolic OH excluding ortho intramolecular Hbond substituents is 1. The van der Waals surface area contributed by atoms with Gasteiger partial charge in [0.2, 0.25) is 0 Å². The zero-order chi connectivity index (χ0) is 18.1. The summed E-state index contributed by atoms with van der Waals surface area (Å²) in [6.45, 7) is 7.38. The average molecular weight is 660 g/mol. The van der Waals surface area contributed by atoms with Crippen molar-refractivity contribution in [2.45, 2.75) is 19.4 Å². The lowest BCUT2D eigenvalue weighted by atomic mass is 9.98. The summed E-state index contributed by atoms with van der Waals surface area (Å²) in [5, 5.41) is 9.97. The van der Waals surface area contributed by atoms with E-state index in [2.05, 4.69) is 80.4 Å². The molecule has 2 rings (SSSR count). The Morgan fingerprint density at radius 3 is 2.50 bits per heavy atom. The number of hydrogen-bond acceptors (Lipinski definition) is 3. The maximum atomic E-state index is 12.6. The van der Waals surface area contributed by atoms with Crippen LogP contribution in [-0.4, -0.2) is 11.1 Å². The van der Waals surface area contributed by atoms with E-state index in [0.717, 1.165) is 21.8 Å². The predicted molar refractivity (Wildman–Crippen MR) is 121 cm³/mol. The summed E-state index contributed by atoms with van der Waals surface area (Å²) < 4.78 is 8.97. The first-order chi connectivity index (χ1) is 11.2. The molecule has 126 valence electrons. The Labute approximate surface area is 182 Å². The molecule has 24 heavy (non-hydrogen) atoms. The molecule has 1 N–H and O–H groups in total. The monoisotopic (exact) mass is 660 g/mol. The molecule has 0 atom stereocenters. The molecule has 0 aliphatic rings. The van der Waals surface area contributed by atoms with Crippen molar-refractivity contribution >= 4 is 79.8 Å². The van der Waals surface area contributed by atoms with E-state index in [1.807, 2.05) is 19.9 Å². The first kappa shape index (κ1) is 20.0. The third kappa shape index (κ3) is 4.43. The van der Waals surface area contributed by atoms with Gasteiger partial charge in [0.25, 0.3) is 0 Å². The number of carbonyl (C=O) groups excluding carboxylic acids is 1. The van der Waals surface area contributed by atoms with Crippen LogP contribution in [0.4, 0.5) is 0 Å². The number of carbonyl (C=O) groups is 1. The van der Waals surface area contributed by atoms with Gasteiger partial charge in [0.1, 0.15) is 16.9 Å². The highest BCUT2D eigenvalue weighted by molar-refractivity contribution is 14.1. The summed E-state index contributed by atoms with van der Waals surface area (Å²) in [6.07, 6.45) is 1.62. The molecule has 0 spiro atoms. The second kappa shape index (κ2) is 7.90. The van der Waals surface area contributed by atoms with Crippen LogP contribution in [-0.2, 0) is 10.3 Å². The fourth-order valence-corrected chi connectivity index (χ4v) is 4.99. The Hall–Kier alpha value is -0.360. The van der Waals surface area contributed by atoms with Gasteiger partial charge in [-0.3, -0.25) is 0 Å². The smallest absolute Gasteiger partial charge is 0.342 e. The van der Waals surface area contributed by atoms with Crippen molar-refractivity contribution in [1.82, 2.24) is 0 Å². The van der Waals surface area contributed by atoms with Gasteiger partial charge in [-0.25, -0.2) is 4.79 Å². The highest BCUT2D eigenvalue weighted by Gasteiger charge is 2.30. The van der Waals surface area contributed by atoms with Gasteiger partial charge in [-0.05, 0) is 111 Å². The van der Waals surface area contributed by atoms with E-state index in [1.54, 1.807) is 18.2 Å². The Balaban J connectivity index is 2.39. The molecule has 0 fully saturated rings. The van der Waals surface area contributed by atoms with E-state index >= 15 is 0 Å². The van der Waals surface area contributed by atoms with E-state index in [-0.39, 0.29) is 11.3 Å². The maximum Gasteiger partial charge on any atom is 0.342 e. The van der Waals surface area contributed by atoms with Crippen LogP contribution in [0, 0.1) is 10.7 Å². The van der Waals surface area contributed by atoms with Gasteiger partial charge in [-0.15, -0.1) is 0 Å². The first-order valence-electron chi connectivity index (χ1n) is 6.99. The number of rotatable bonds is 4. The lowest BCUT2D eigenvalue weighted by Gasteiger charge is -2.27. The van der Waals surface area contributed by atoms with Crippen molar-refractivity contribution in [3.8, 4) is 5.75 Å². The number of phenols is 1. The number of ether oxygens (including phenoxy) is 1. The molecule has 0 unspecified atom stereocenters. The normalized spacial score (nSPS) is 11.2. The number of hydrogen-bond donors (Lipinski definition) is 1. The summed E-state index contributed by atoms with van der Waals surface area (Å²) in [4.78, 5) is 12.6.